The second kappa shape index (κ2) is 17.6. The minimum atomic E-state index is -5.15. The van der Waals surface area contributed by atoms with Gasteiger partial charge in [0.15, 0.2) is 17.5 Å². The monoisotopic (exact) mass is 856 g/mol. The van der Waals surface area contributed by atoms with Crippen LogP contribution in [0, 0.1) is 0 Å². The van der Waals surface area contributed by atoms with E-state index in [9.17, 15) is 48.0 Å². The molecule has 0 fully saturated rings. The van der Waals surface area contributed by atoms with Gasteiger partial charge in [-0.05, 0) is 97.1 Å². The van der Waals surface area contributed by atoms with Crippen molar-refractivity contribution in [2.45, 2.75) is 35.2 Å². The molecule has 294 valence electrons. The predicted molar refractivity (Wildman–Crippen MR) is 184 cm³/mol. The molecule has 0 aromatic heterocycles. The van der Waals surface area contributed by atoms with Crippen LogP contribution in [-0.2, 0) is 38.3 Å². The van der Waals surface area contributed by atoms with Crippen LogP contribution in [0.5, 0.6) is 11.5 Å². The predicted octanol–water partition coefficient (Wildman–Crippen LogP) is 7.73. The second-order valence-electron chi connectivity index (χ2n) is 10.7. The van der Waals surface area contributed by atoms with E-state index >= 15 is 0 Å². The van der Waals surface area contributed by atoms with Crippen LogP contribution in [0.3, 0.4) is 0 Å². The van der Waals surface area contributed by atoms with Gasteiger partial charge in [0, 0.05) is 28.1 Å². The van der Waals surface area contributed by atoms with Crippen molar-refractivity contribution in [3.63, 3.8) is 0 Å². The van der Waals surface area contributed by atoms with Crippen LogP contribution in [0.15, 0.2) is 117 Å². The number of oxime groups is 2. The zero-order valence-electron chi connectivity index (χ0n) is 27.5. The molecule has 12 nitrogen and oxygen atoms in total. The van der Waals surface area contributed by atoms with E-state index in [-0.39, 0.29) is 21.5 Å². The van der Waals surface area contributed by atoms with Crippen molar-refractivity contribution >= 4 is 60.8 Å². The number of esters is 1. The molecule has 55 heavy (non-hydrogen) atoms. The zero-order valence-corrected chi connectivity index (χ0v) is 30.7. The fourth-order valence-corrected chi connectivity index (χ4v) is 5.85. The maximum atomic E-state index is 13.8. The van der Waals surface area contributed by atoms with Gasteiger partial charge >= 0.3 is 38.6 Å². The molecule has 0 aliphatic heterocycles. The fourth-order valence-electron chi connectivity index (χ4n) is 4.14. The number of ether oxygens (including phenoxy) is 3. The number of carbonyl (C=O) groups excluding carboxylic acids is 1. The van der Waals surface area contributed by atoms with Crippen molar-refractivity contribution < 1.29 is 70.8 Å². The van der Waals surface area contributed by atoms with Crippen molar-refractivity contribution in [1.29, 1.82) is 0 Å². The van der Waals surface area contributed by atoms with Gasteiger partial charge in [-0.15, -0.1) is 0 Å². The van der Waals surface area contributed by atoms with Crippen molar-refractivity contribution in [3.05, 3.63) is 118 Å². The largest absolute Gasteiger partial charge is 0.490 e. The van der Waals surface area contributed by atoms with Crippen molar-refractivity contribution in [1.82, 2.24) is 0 Å². The third-order valence-corrected chi connectivity index (χ3v) is 9.40. The molecule has 4 rings (SSSR count). The van der Waals surface area contributed by atoms with Gasteiger partial charge in [0.1, 0.15) is 34.5 Å². The third-order valence-electron chi connectivity index (χ3n) is 6.65. The highest BCUT2D eigenvalue weighted by molar-refractivity contribution is 7.87. The molecule has 4 aromatic rings. The molecule has 0 radical (unpaired) electrons. The van der Waals surface area contributed by atoms with E-state index in [4.69, 9.17) is 37.4 Å². The number of rotatable bonds is 15. The lowest BCUT2D eigenvalue weighted by Crippen LogP contribution is -2.30. The zero-order chi connectivity index (χ0) is 40.6. The summed E-state index contributed by atoms with van der Waals surface area (Å²) in [5, 5.41) is 6.04. The average Bonchev–Trinajstić information content (AvgIpc) is 3.09. The molecule has 0 spiro atoms. The van der Waals surface area contributed by atoms with E-state index in [1.54, 1.807) is 0 Å². The normalized spacial score (nSPS) is 13.5. The van der Waals surface area contributed by atoms with Crippen LogP contribution in [0.25, 0.3) is 0 Å². The number of halogens is 8. The molecule has 0 atom stereocenters. The molecule has 0 aliphatic rings. The van der Waals surface area contributed by atoms with Crippen LogP contribution in [0.4, 0.5) is 26.3 Å². The molecule has 22 heteroatoms. The lowest BCUT2D eigenvalue weighted by molar-refractivity contribution is -0.149. The SMILES string of the molecule is CC(=O)OC(COc1ccc(C(=NOS(=O)(=O)c2ccc(Cl)cc2)C(F)(F)F)cc1)COc1ccc(C(=NOS(=O)(=O)c2ccc(Cl)cc2)C(F)(F)F)cc1. The summed E-state index contributed by atoms with van der Waals surface area (Å²) in [7, 11) is -9.47. The van der Waals surface area contributed by atoms with Crippen molar-refractivity contribution in [2.24, 2.45) is 10.3 Å². The molecule has 0 saturated carbocycles. The molecular weight excluding hydrogens is 833 g/mol. The van der Waals surface area contributed by atoms with E-state index in [0.29, 0.717) is 0 Å². The van der Waals surface area contributed by atoms with E-state index in [0.717, 1.165) is 79.7 Å². The smallest absolute Gasteiger partial charge is 0.437 e. The lowest BCUT2D eigenvalue weighted by atomic mass is 10.1. The molecule has 0 unspecified atom stereocenters. The summed E-state index contributed by atoms with van der Waals surface area (Å²) in [5.74, 6) is -0.830. The first-order valence-corrected chi connectivity index (χ1v) is 18.5. The van der Waals surface area contributed by atoms with Gasteiger partial charge in [-0.2, -0.15) is 43.2 Å². The molecule has 0 bridgehead atoms. The van der Waals surface area contributed by atoms with Gasteiger partial charge in [0.05, 0.1) is 0 Å². The molecule has 0 heterocycles. The van der Waals surface area contributed by atoms with Crippen LogP contribution in [0.2, 0.25) is 10.0 Å². The minimum absolute atomic E-state index is 0.0271. The summed E-state index contributed by atoms with van der Waals surface area (Å²) in [4.78, 5) is 10.7. The third kappa shape index (κ3) is 12.5. The highest BCUT2D eigenvalue weighted by atomic mass is 35.5. The minimum Gasteiger partial charge on any atom is -0.490 e. The lowest BCUT2D eigenvalue weighted by Gasteiger charge is -2.19. The standard InChI is InChI=1S/C33H24Cl2F6N2O10S2/c1-20(44)51-27(18-49-25-10-2-21(3-11-25)30(32(36,37)38)42-52-54(45,46)28-14-6-23(34)7-15-28)19-50-26-12-4-22(5-13-26)31(33(39,40)41)43-53-55(47,48)29-16-8-24(35)9-17-29/h2-17,27H,18-19H2,1H3. The van der Waals surface area contributed by atoms with Gasteiger partial charge in [-0.1, -0.05) is 33.5 Å². The number of hydrogen-bond acceptors (Lipinski definition) is 12. The van der Waals surface area contributed by atoms with E-state index < -0.39 is 90.2 Å². The van der Waals surface area contributed by atoms with Gasteiger partial charge in [-0.3, -0.25) is 13.4 Å². The Kier molecular flexibility index (Phi) is 13.7. The molecule has 0 aliphatic carbocycles. The molecule has 0 N–H and O–H groups in total. The topological polar surface area (TPSA) is 156 Å². The van der Waals surface area contributed by atoms with Crippen LogP contribution in [0.1, 0.15) is 18.1 Å². The first-order chi connectivity index (χ1) is 25.6. The summed E-state index contributed by atoms with van der Waals surface area (Å²) in [6.07, 6.45) is -11.4. The first-order valence-electron chi connectivity index (χ1n) is 15.0. The summed E-state index contributed by atoms with van der Waals surface area (Å²) in [6, 6.07) is 16.8. The number of benzene rings is 4. The van der Waals surface area contributed by atoms with Crippen LogP contribution in [-0.4, -0.2) is 65.9 Å². The maximum Gasteiger partial charge on any atom is 0.437 e. The van der Waals surface area contributed by atoms with E-state index in [1.165, 1.54) is 24.3 Å². The van der Waals surface area contributed by atoms with Gasteiger partial charge in [0.25, 0.3) is 0 Å². The first kappa shape index (κ1) is 42.7. The Hall–Kier alpha value is -5.05. The Morgan fingerprint density at radius 3 is 1.22 bits per heavy atom. The van der Waals surface area contributed by atoms with Crippen LogP contribution < -0.4 is 9.47 Å². The maximum absolute atomic E-state index is 13.8. The molecule has 0 amide bonds. The number of nitrogens with zero attached hydrogens (tertiary/aromatic N) is 2. The summed E-state index contributed by atoms with van der Waals surface area (Å²) in [6.45, 7) is 0.241. The fraction of sp³-hybridized carbons (Fsp3) is 0.182. The molecule has 0 saturated heterocycles. The number of alkyl halides is 6. The highest BCUT2D eigenvalue weighted by Crippen LogP contribution is 2.28. The Morgan fingerprint density at radius 1 is 0.600 bits per heavy atom. The van der Waals surface area contributed by atoms with E-state index in [2.05, 4.69) is 18.9 Å². The quantitative estimate of drug-likeness (QED) is 0.0502. The van der Waals surface area contributed by atoms with Crippen LogP contribution >= 0.6 is 23.2 Å². The molecular formula is C33H24Cl2F6N2O10S2. The van der Waals surface area contributed by atoms with Gasteiger partial charge in [0.2, 0.25) is 0 Å². The van der Waals surface area contributed by atoms with Crippen molar-refractivity contribution in [2.75, 3.05) is 13.2 Å². The summed E-state index contributed by atoms with van der Waals surface area (Å²) < 4.78 is 157. The summed E-state index contributed by atoms with van der Waals surface area (Å²) in [5.41, 5.74) is -4.55. The number of hydrogen-bond donors (Lipinski definition) is 0. The Labute approximate surface area is 319 Å². The Bertz CT molecular complexity index is 2080. The van der Waals surface area contributed by atoms with Gasteiger partial charge in [-0.25, -0.2) is 0 Å². The summed E-state index contributed by atoms with van der Waals surface area (Å²) >= 11 is 11.4. The molecule has 4 aromatic carbocycles. The van der Waals surface area contributed by atoms with Gasteiger partial charge < -0.3 is 14.2 Å². The number of carbonyl (C=O) groups is 1. The van der Waals surface area contributed by atoms with E-state index in [1.807, 2.05) is 0 Å². The Balaban J connectivity index is 1.41. The average molecular weight is 858 g/mol. The Morgan fingerprint density at radius 2 is 0.927 bits per heavy atom. The highest BCUT2D eigenvalue weighted by Gasteiger charge is 2.39. The van der Waals surface area contributed by atoms with Crippen molar-refractivity contribution in [3.8, 4) is 11.5 Å². The second-order valence-corrected chi connectivity index (χ2v) is 14.7.